The molecule has 4 nitrogen and oxygen atoms in total. The number of hydrogen-bond acceptors (Lipinski definition) is 4. The highest BCUT2D eigenvalue weighted by Crippen LogP contribution is 2.33. The first-order valence-electron chi connectivity index (χ1n) is 7.03. The SMILES string of the molecule is CN(CC(=O)O)C1CCCN(Cc2csc(Cl)c2Cl)CC1. The minimum atomic E-state index is -0.765. The van der Waals surface area contributed by atoms with E-state index < -0.39 is 5.97 Å². The third-order valence-corrected chi connectivity index (χ3v) is 5.86. The predicted molar refractivity (Wildman–Crippen MR) is 87.5 cm³/mol. The number of halogens is 2. The average Bonchev–Trinajstić information content (AvgIpc) is 2.65. The minimum absolute atomic E-state index is 0.108. The van der Waals surface area contributed by atoms with E-state index in [0.717, 1.165) is 44.5 Å². The van der Waals surface area contributed by atoms with E-state index in [1.165, 1.54) is 11.3 Å². The summed E-state index contributed by atoms with van der Waals surface area (Å²) in [6.07, 6.45) is 3.10. The third-order valence-electron chi connectivity index (χ3n) is 3.95. The highest BCUT2D eigenvalue weighted by atomic mass is 35.5. The molecule has 7 heteroatoms. The van der Waals surface area contributed by atoms with Crippen molar-refractivity contribution in [3.05, 3.63) is 20.3 Å². The van der Waals surface area contributed by atoms with Crippen LogP contribution in [-0.2, 0) is 11.3 Å². The summed E-state index contributed by atoms with van der Waals surface area (Å²) in [5.41, 5.74) is 1.09. The highest BCUT2D eigenvalue weighted by Gasteiger charge is 2.22. The van der Waals surface area contributed by atoms with Crippen LogP contribution in [0.25, 0.3) is 0 Å². The Labute approximate surface area is 139 Å². The van der Waals surface area contributed by atoms with Gasteiger partial charge in [0.25, 0.3) is 0 Å². The Hall–Kier alpha value is -0.330. The van der Waals surface area contributed by atoms with Crippen molar-refractivity contribution in [1.29, 1.82) is 0 Å². The van der Waals surface area contributed by atoms with E-state index in [1.807, 2.05) is 17.3 Å². The van der Waals surface area contributed by atoms with Crippen LogP contribution in [-0.4, -0.2) is 53.6 Å². The van der Waals surface area contributed by atoms with Gasteiger partial charge in [0, 0.05) is 12.6 Å². The second-order valence-corrected chi connectivity index (χ2v) is 7.38. The van der Waals surface area contributed by atoms with Crippen molar-refractivity contribution in [2.75, 3.05) is 26.7 Å². The molecule has 1 unspecified atom stereocenters. The molecular weight excluding hydrogens is 331 g/mol. The number of likely N-dealkylation sites (N-methyl/N-ethyl adjacent to an activating group) is 1. The molecule has 1 aromatic rings. The van der Waals surface area contributed by atoms with Gasteiger partial charge in [0.15, 0.2) is 0 Å². The van der Waals surface area contributed by atoms with Crippen LogP contribution in [0, 0.1) is 0 Å². The molecule has 0 saturated carbocycles. The lowest BCUT2D eigenvalue weighted by molar-refractivity contribution is -0.138. The van der Waals surface area contributed by atoms with Crippen LogP contribution >= 0.6 is 34.5 Å². The van der Waals surface area contributed by atoms with E-state index in [-0.39, 0.29) is 6.54 Å². The van der Waals surface area contributed by atoms with Crippen LogP contribution in [0.2, 0.25) is 9.36 Å². The number of nitrogens with zero attached hydrogens (tertiary/aromatic N) is 2. The number of carbonyl (C=O) groups is 1. The molecule has 1 aromatic heterocycles. The van der Waals surface area contributed by atoms with Gasteiger partial charge >= 0.3 is 5.97 Å². The fourth-order valence-corrected chi connectivity index (χ4v) is 4.02. The van der Waals surface area contributed by atoms with Crippen molar-refractivity contribution >= 4 is 40.5 Å². The Morgan fingerprint density at radius 1 is 1.48 bits per heavy atom. The van der Waals surface area contributed by atoms with Gasteiger partial charge in [0.1, 0.15) is 4.34 Å². The summed E-state index contributed by atoms with van der Waals surface area (Å²) >= 11 is 13.7. The summed E-state index contributed by atoms with van der Waals surface area (Å²) in [6, 6.07) is 0.340. The molecular formula is C14H20Cl2N2O2S. The van der Waals surface area contributed by atoms with Gasteiger partial charge in [-0.15, -0.1) is 11.3 Å². The largest absolute Gasteiger partial charge is 0.480 e. The monoisotopic (exact) mass is 350 g/mol. The average molecular weight is 351 g/mol. The van der Waals surface area contributed by atoms with Crippen molar-refractivity contribution < 1.29 is 9.90 Å². The topological polar surface area (TPSA) is 43.8 Å². The van der Waals surface area contributed by atoms with Gasteiger partial charge in [-0.05, 0) is 50.3 Å². The maximum absolute atomic E-state index is 10.8. The molecule has 1 aliphatic heterocycles. The normalized spacial score (nSPS) is 20.7. The van der Waals surface area contributed by atoms with Gasteiger partial charge in [0.2, 0.25) is 0 Å². The van der Waals surface area contributed by atoms with Crippen LogP contribution in [0.3, 0.4) is 0 Å². The number of rotatable bonds is 5. The molecule has 0 aliphatic carbocycles. The Bertz CT molecular complexity index is 495. The molecule has 0 radical (unpaired) electrons. The standard InChI is InChI=1S/C14H20Cl2N2O2S/c1-17(8-12(19)20)11-3-2-5-18(6-4-11)7-10-9-21-14(16)13(10)15/h9,11H,2-8H2,1H3,(H,19,20). The zero-order valence-corrected chi connectivity index (χ0v) is 14.3. The van der Waals surface area contributed by atoms with Crippen molar-refractivity contribution in [2.24, 2.45) is 0 Å². The van der Waals surface area contributed by atoms with Crippen molar-refractivity contribution in [1.82, 2.24) is 9.80 Å². The molecule has 0 aromatic carbocycles. The molecule has 1 atom stereocenters. The Morgan fingerprint density at radius 3 is 2.86 bits per heavy atom. The number of carboxylic acids is 1. The quantitative estimate of drug-likeness (QED) is 0.883. The number of thiophene rings is 1. The first kappa shape index (κ1) is 17.0. The van der Waals surface area contributed by atoms with Crippen molar-refractivity contribution in [3.8, 4) is 0 Å². The number of aliphatic carboxylic acids is 1. The van der Waals surface area contributed by atoms with Gasteiger partial charge < -0.3 is 5.11 Å². The summed E-state index contributed by atoms with van der Waals surface area (Å²) in [6.45, 7) is 2.90. The van der Waals surface area contributed by atoms with Crippen LogP contribution in [0.15, 0.2) is 5.38 Å². The van der Waals surface area contributed by atoms with E-state index in [1.54, 1.807) is 0 Å². The number of hydrogen-bond donors (Lipinski definition) is 1. The maximum atomic E-state index is 10.8. The predicted octanol–water partition coefficient (Wildman–Crippen LogP) is 3.43. The Morgan fingerprint density at radius 2 is 2.24 bits per heavy atom. The highest BCUT2D eigenvalue weighted by molar-refractivity contribution is 7.15. The van der Waals surface area contributed by atoms with Gasteiger partial charge in [-0.1, -0.05) is 23.2 Å². The van der Waals surface area contributed by atoms with Gasteiger partial charge in [-0.3, -0.25) is 14.6 Å². The molecule has 0 bridgehead atoms. The number of carboxylic acid groups (broad SMARTS) is 1. The lowest BCUT2D eigenvalue weighted by Gasteiger charge is -2.25. The van der Waals surface area contributed by atoms with E-state index in [4.69, 9.17) is 28.3 Å². The van der Waals surface area contributed by atoms with Gasteiger partial charge in [-0.2, -0.15) is 0 Å². The number of likely N-dealkylation sites (tertiary alicyclic amines) is 1. The van der Waals surface area contributed by atoms with Crippen LogP contribution in [0.1, 0.15) is 24.8 Å². The zero-order chi connectivity index (χ0) is 15.4. The molecule has 0 amide bonds. The molecule has 2 rings (SSSR count). The zero-order valence-electron chi connectivity index (χ0n) is 12.0. The summed E-state index contributed by atoms with van der Waals surface area (Å²) in [5.74, 6) is -0.765. The lowest BCUT2D eigenvalue weighted by atomic mass is 10.1. The second-order valence-electron chi connectivity index (χ2n) is 5.52. The Kier molecular flexibility index (Phi) is 6.32. The molecule has 2 heterocycles. The summed E-state index contributed by atoms with van der Waals surface area (Å²) in [4.78, 5) is 15.1. The second kappa shape index (κ2) is 7.79. The molecule has 1 fully saturated rings. The van der Waals surface area contributed by atoms with Crippen molar-refractivity contribution in [3.63, 3.8) is 0 Å². The molecule has 1 aliphatic rings. The summed E-state index contributed by atoms with van der Waals surface area (Å²) in [7, 11) is 1.89. The first-order valence-corrected chi connectivity index (χ1v) is 8.66. The Balaban J connectivity index is 1.89. The van der Waals surface area contributed by atoms with Gasteiger partial charge in [-0.25, -0.2) is 0 Å². The lowest BCUT2D eigenvalue weighted by Crippen LogP contribution is -2.36. The van der Waals surface area contributed by atoms with Crippen LogP contribution in [0.4, 0.5) is 0 Å². The molecule has 21 heavy (non-hydrogen) atoms. The molecule has 0 spiro atoms. The molecule has 1 saturated heterocycles. The van der Waals surface area contributed by atoms with E-state index in [2.05, 4.69) is 4.90 Å². The summed E-state index contributed by atoms with van der Waals surface area (Å²) < 4.78 is 0.653. The smallest absolute Gasteiger partial charge is 0.317 e. The first-order chi connectivity index (χ1) is 9.97. The molecule has 118 valence electrons. The third kappa shape index (κ3) is 4.83. The fourth-order valence-electron chi connectivity index (χ4n) is 2.78. The van der Waals surface area contributed by atoms with Crippen molar-refractivity contribution in [2.45, 2.75) is 31.8 Å². The maximum Gasteiger partial charge on any atom is 0.317 e. The van der Waals surface area contributed by atoms with Crippen LogP contribution in [0.5, 0.6) is 0 Å². The van der Waals surface area contributed by atoms with Crippen LogP contribution < -0.4 is 0 Å². The summed E-state index contributed by atoms with van der Waals surface area (Å²) in [5, 5.41) is 11.6. The minimum Gasteiger partial charge on any atom is -0.480 e. The molecule has 1 N–H and O–H groups in total. The van der Waals surface area contributed by atoms with E-state index in [0.29, 0.717) is 15.4 Å². The fraction of sp³-hybridized carbons (Fsp3) is 0.643. The van der Waals surface area contributed by atoms with E-state index >= 15 is 0 Å². The van der Waals surface area contributed by atoms with E-state index in [9.17, 15) is 4.79 Å². The van der Waals surface area contributed by atoms with Gasteiger partial charge in [0.05, 0.1) is 11.6 Å².